The van der Waals surface area contributed by atoms with E-state index in [1.165, 1.54) is 25.1 Å². The van der Waals surface area contributed by atoms with Gasteiger partial charge in [-0.1, -0.05) is 48.9 Å². The first-order valence-corrected chi connectivity index (χ1v) is 14.6. The van der Waals surface area contributed by atoms with E-state index >= 15 is 8.78 Å². The number of fused-ring (bicyclic) bond motifs is 1. The van der Waals surface area contributed by atoms with Crippen molar-refractivity contribution in [2.24, 2.45) is 0 Å². The van der Waals surface area contributed by atoms with Gasteiger partial charge < -0.3 is 25.0 Å². The predicted molar refractivity (Wildman–Crippen MR) is 157 cm³/mol. The molecule has 0 saturated heterocycles. The lowest BCUT2D eigenvalue weighted by Gasteiger charge is -2.38. The minimum Gasteiger partial charge on any atom is -0.488 e. The second kappa shape index (κ2) is 11.8. The molecule has 3 aromatic rings. The zero-order chi connectivity index (χ0) is 30.2. The number of hydrogen-bond acceptors (Lipinski definition) is 6. The van der Waals surface area contributed by atoms with Crippen LogP contribution in [0.25, 0.3) is 11.1 Å². The van der Waals surface area contributed by atoms with Crippen molar-refractivity contribution in [3.05, 3.63) is 81.9 Å². The first-order valence-electron chi connectivity index (χ1n) is 14.2. The molecule has 5 rings (SSSR count). The minimum atomic E-state index is -1.00. The Morgan fingerprint density at radius 1 is 1.17 bits per heavy atom. The maximum atomic E-state index is 16.1. The van der Waals surface area contributed by atoms with Crippen LogP contribution in [-0.4, -0.2) is 41.1 Å². The van der Waals surface area contributed by atoms with Crippen molar-refractivity contribution in [1.82, 2.24) is 5.32 Å². The van der Waals surface area contributed by atoms with E-state index in [1.54, 1.807) is 0 Å². The number of rotatable bonds is 8. The van der Waals surface area contributed by atoms with Gasteiger partial charge in [-0.25, -0.2) is 8.78 Å². The summed E-state index contributed by atoms with van der Waals surface area (Å²) in [5, 5.41) is 33.3. The third kappa shape index (κ3) is 5.59. The maximum Gasteiger partial charge on any atom is 0.174 e. The van der Waals surface area contributed by atoms with Crippen LogP contribution in [0.5, 0.6) is 11.5 Å². The summed E-state index contributed by atoms with van der Waals surface area (Å²) in [6.45, 7) is 5.48. The van der Waals surface area contributed by atoms with Gasteiger partial charge >= 0.3 is 0 Å². The molecule has 1 aliphatic heterocycles. The average molecular weight is 597 g/mol. The molecule has 0 amide bonds. The highest BCUT2D eigenvalue weighted by molar-refractivity contribution is 6.34. The van der Waals surface area contributed by atoms with E-state index in [1.807, 2.05) is 50.2 Å². The van der Waals surface area contributed by atoms with Crippen molar-refractivity contribution in [3.63, 3.8) is 0 Å². The normalized spacial score (nSPS) is 25.8. The molecule has 3 atom stereocenters. The van der Waals surface area contributed by atoms with Gasteiger partial charge in [0.05, 0.1) is 28.4 Å². The van der Waals surface area contributed by atoms with Crippen molar-refractivity contribution in [2.45, 2.75) is 75.7 Å². The quantitative estimate of drug-likeness (QED) is 0.272. The highest BCUT2D eigenvalue weighted by Gasteiger charge is 2.50. The zero-order valence-corrected chi connectivity index (χ0v) is 24.6. The number of nitriles is 1. The number of aliphatic hydroxyl groups is 2. The summed E-state index contributed by atoms with van der Waals surface area (Å²) in [5.41, 5.74) is -0.516. The third-order valence-electron chi connectivity index (χ3n) is 8.58. The Labute approximate surface area is 249 Å². The fraction of sp³-hybridized carbons (Fsp3) is 0.424. The van der Waals surface area contributed by atoms with Gasteiger partial charge in [-0.15, -0.1) is 0 Å². The Balaban J connectivity index is 1.62. The molecule has 222 valence electrons. The molecule has 1 aliphatic carbocycles. The molecule has 9 heteroatoms. The number of aliphatic hydroxyl groups excluding tert-OH is 1. The number of hydrogen-bond donors (Lipinski definition) is 3. The lowest BCUT2D eigenvalue weighted by molar-refractivity contribution is 0.00890. The molecule has 0 aromatic heterocycles. The van der Waals surface area contributed by atoms with Gasteiger partial charge in [-0.05, 0) is 57.2 Å². The molecular weight excluding hydrogens is 562 g/mol. The molecular formula is C33H35ClF2N2O4. The second-order valence-electron chi connectivity index (χ2n) is 11.8. The molecule has 1 unspecified atom stereocenters. The Kier molecular flexibility index (Phi) is 8.51. The van der Waals surface area contributed by atoms with E-state index < -0.39 is 34.9 Å². The van der Waals surface area contributed by atoms with Crippen molar-refractivity contribution in [1.29, 1.82) is 5.26 Å². The van der Waals surface area contributed by atoms with Crippen LogP contribution in [0.15, 0.2) is 48.5 Å². The Bertz CT molecular complexity index is 1500. The Morgan fingerprint density at radius 3 is 2.50 bits per heavy atom. The summed E-state index contributed by atoms with van der Waals surface area (Å²) in [7, 11) is 0. The zero-order valence-electron chi connectivity index (χ0n) is 23.9. The van der Waals surface area contributed by atoms with E-state index in [0.29, 0.717) is 24.9 Å². The lowest BCUT2D eigenvalue weighted by Crippen LogP contribution is -2.49. The van der Waals surface area contributed by atoms with Crippen molar-refractivity contribution >= 4 is 11.6 Å². The molecule has 1 saturated carbocycles. The molecule has 3 N–H and O–H groups in total. The van der Waals surface area contributed by atoms with Crippen LogP contribution >= 0.6 is 11.6 Å². The number of halogens is 3. The summed E-state index contributed by atoms with van der Waals surface area (Å²) in [6, 6.07) is 15.7. The summed E-state index contributed by atoms with van der Waals surface area (Å²) < 4.78 is 43.7. The SMILES string of the molecule is CC(O)COc1ccc(C#N)c(-c2c(Cl)c(F)cc3c2[C@H](C)[C@@](CNC2CCC(C)(O)CC2)(c2ccccc2)O3)c1F. The summed E-state index contributed by atoms with van der Waals surface area (Å²) in [6.07, 6.45) is 2.08. The van der Waals surface area contributed by atoms with Gasteiger partial charge in [0.25, 0.3) is 0 Å². The number of benzene rings is 3. The van der Waals surface area contributed by atoms with E-state index in [0.717, 1.165) is 18.4 Å². The van der Waals surface area contributed by atoms with Gasteiger partial charge in [-0.2, -0.15) is 5.26 Å². The number of nitrogens with one attached hydrogen (secondary N) is 1. The molecule has 0 radical (unpaired) electrons. The predicted octanol–water partition coefficient (Wildman–Crippen LogP) is 6.59. The van der Waals surface area contributed by atoms with Crippen LogP contribution in [0.3, 0.4) is 0 Å². The van der Waals surface area contributed by atoms with E-state index in [9.17, 15) is 15.5 Å². The summed E-state index contributed by atoms with van der Waals surface area (Å²) in [4.78, 5) is 0. The first-order chi connectivity index (χ1) is 20.0. The fourth-order valence-corrected chi connectivity index (χ4v) is 6.42. The van der Waals surface area contributed by atoms with Gasteiger partial charge in [0.15, 0.2) is 17.2 Å². The summed E-state index contributed by atoms with van der Waals surface area (Å²) in [5.74, 6) is -2.09. The van der Waals surface area contributed by atoms with E-state index in [-0.39, 0.29) is 45.9 Å². The van der Waals surface area contributed by atoms with Crippen molar-refractivity contribution in [3.8, 4) is 28.7 Å². The first kappa shape index (κ1) is 30.2. The fourth-order valence-electron chi connectivity index (χ4n) is 6.17. The molecule has 1 heterocycles. The van der Waals surface area contributed by atoms with Crippen molar-refractivity contribution < 1.29 is 28.5 Å². The highest BCUT2D eigenvalue weighted by atomic mass is 35.5. The topological polar surface area (TPSA) is 94.7 Å². The van der Waals surface area contributed by atoms with E-state index in [2.05, 4.69) is 5.32 Å². The van der Waals surface area contributed by atoms with Crippen LogP contribution in [0.4, 0.5) is 8.78 Å². The van der Waals surface area contributed by atoms with Crippen LogP contribution in [0.1, 0.15) is 69.1 Å². The second-order valence-corrected chi connectivity index (χ2v) is 12.1. The largest absolute Gasteiger partial charge is 0.488 e. The molecule has 0 bridgehead atoms. The maximum absolute atomic E-state index is 16.1. The Hall–Kier alpha value is -3.22. The van der Waals surface area contributed by atoms with E-state index in [4.69, 9.17) is 21.1 Å². The van der Waals surface area contributed by atoms with Crippen LogP contribution in [0, 0.1) is 23.0 Å². The molecule has 3 aromatic carbocycles. The summed E-state index contributed by atoms with van der Waals surface area (Å²) >= 11 is 6.60. The van der Waals surface area contributed by atoms with Crippen LogP contribution in [0.2, 0.25) is 5.02 Å². The minimum absolute atomic E-state index is 0.0385. The van der Waals surface area contributed by atoms with Crippen LogP contribution < -0.4 is 14.8 Å². The lowest BCUT2D eigenvalue weighted by atomic mass is 9.77. The molecule has 42 heavy (non-hydrogen) atoms. The average Bonchev–Trinajstić information content (AvgIpc) is 3.24. The van der Waals surface area contributed by atoms with Gasteiger partial charge in [0.2, 0.25) is 0 Å². The third-order valence-corrected chi connectivity index (χ3v) is 8.95. The molecule has 1 fully saturated rings. The standard InChI is InChI=1S/C33H35ClF2N2O4/c1-19(39)17-41-25-10-9-21(16-37)28(31(25)36)29-27-20(2)33(22-7-5-4-6-8-22,42-26(27)15-24(35)30(29)34)18-38-23-11-13-32(3,40)14-12-23/h4-10,15,19-20,23,38-40H,11-14,17-18H2,1-3H3/t19?,20-,23?,32?,33-/m0/s1. The number of ether oxygens (including phenoxy) is 2. The number of nitrogens with zero attached hydrogens (tertiary/aromatic N) is 1. The van der Waals surface area contributed by atoms with Crippen LogP contribution in [-0.2, 0) is 5.60 Å². The van der Waals surface area contributed by atoms with Gasteiger partial charge in [0.1, 0.15) is 18.2 Å². The van der Waals surface area contributed by atoms with Gasteiger partial charge in [-0.3, -0.25) is 0 Å². The van der Waals surface area contributed by atoms with Crippen molar-refractivity contribution in [2.75, 3.05) is 13.2 Å². The highest BCUT2D eigenvalue weighted by Crippen LogP contribution is 2.56. The molecule has 2 aliphatic rings. The molecule has 6 nitrogen and oxygen atoms in total. The smallest absolute Gasteiger partial charge is 0.174 e. The monoisotopic (exact) mass is 596 g/mol. The Morgan fingerprint density at radius 2 is 1.86 bits per heavy atom. The molecule has 0 spiro atoms. The van der Waals surface area contributed by atoms with Gasteiger partial charge in [0, 0.05) is 41.3 Å².